The minimum atomic E-state index is -0.0441. The quantitative estimate of drug-likeness (QED) is 0.610. The van der Waals surface area contributed by atoms with Crippen LogP contribution >= 0.6 is 11.8 Å². The lowest BCUT2D eigenvalue weighted by Gasteiger charge is -2.08. The Balaban J connectivity index is 3.06. The molecule has 0 unspecified atom stereocenters. The average molecular weight is 149 g/mol. The van der Waals surface area contributed by atoms with Gasteiger partial charge in [0.1, 0.15) is 0 Å². The van der Waals surface area contributed by atoms with E-state index in [1.807, 2.05) is 0 Å². The summed E-state index contributed by atoms with van der Waals surface area (Å²) in [7, 11) is 0. The van der Waals surface area contributed by atoms with Gasteiger partial charge in [0, 0.05) is 11.8 Å². The summed E-state index contributed by atoms with van der Waals surface area (Å²) in [4.78, 5) is 0. The van der Waals surface area contributed by atoms with Crippen molar-refractivity contribution >= 4 is 11.8 Å². The number of thioether (sulfide) groups is 1. The normalized spacial score (nSPS) is 14.3. The molecule has 3 heteroatoms. The van der Waals surface area contributed by atoms with Gasteiger partial charge in [-0.05, 0) is 5.25 Å². The molecular formula is C6H15NOS. The van der Waals surface area contributed by atoms with Crippen molar-refractivity contribution in [2.24, 2.45) is 5.73 Å². The number of rotatable bonds is 4. The van der Waals surface area contributed by atoms with E-state index < -0.39 is 0 Å². The van der Waals surface area contributed by atoms with Crippen molar-refractivity contribution in [3.05, 3.63) is 0 Å². The zero-order valence-electron chi connectivity index (χ0n) is 6.00. The lowest BCUT2D eigenvalue weighted by molar-refractivity contribution is 0.275. The standard InChI is InChI=1S/C6H15NOS/c1-5(2)9-4-6(7)3-8/h5-6,8H,3-4,7H2,1-2H3/t6-/m1/s1. The predicted octanol–water partition coefficient (Wildman–Crippen LogP) is 0.448. The maximum Gasteiger partial charge on any atom is 0.0590 e. The summed E-state index contributed by atoms with van der Waals surface area (Å²) in [5.41, 5.74) is 5.45. The van der Waals surface area contributed by atoms with Gasteiger partial charge in [-0.1, -0.05) is 13.8 Å². The van der Waals surface area contributed by atoms with Crippen LogP contribution in [-0.2, 0) is 0 Å². The Labute approximate surface area is 60.8 Å². The van der Waals surface area contributed by atoms with Crippen molar-refractivity contribution in [1.82, 2.24) is 0 Å². The van der Waals surface area contributed by atoms with Crippen LogP contribution in [0.15, 0.2) is 0 Å². The molecule has 9 heavy (non-hydrogen) atoms. The van der Waals surface area contributed by atoms with Gasteiger partial charge in [0.15, 0.2) is 0 Å². The van der Waals surface area contributed by atoms with Crippen LogP contribution in [0.5, 0.6) is 0 Å². The van der Waals surface area contributed by atoms with Crippen LogP contribution in [0.25, 0.3) is 0 Å². The second kappa shape index (κ2) is 5.09. The number of hydrogen-bond donors (Lipinski definition) is 2. The van der Waals surface area contributed by atoms with Crippen LogP contribution in [0.4, 0.5) is 0 Å². The topological polar surface area (TPSA) is 46.2 Å². The fourth-order valence-electron chi connectivity index (χ4n) is 0.369. The third kappa shape index (κ3) is 6.15. The van der Waals surface area contributed by atoms with Crippen LogP contribution in [-0.4, -0.2) is 28.8 Å². The van der Waals surface area contributed by atoms with E-state index in [9.17, 15) is 0 Å². The second-order valence-corrected chi connectivity index (χ2v) is 3.93. The zero-order valence-corrected chi connectivity index (χ0v) is 6.82. The molecule has 0 fully saturated rings. The summed E-state index contributed by atoms with van der Waals surface area (Å²) in [6, 6.07) is -0.0441. The highest BCUT2D eigenvalue weighted by Crippen LogP contribution is 2.08. The molecule has 3 N–H and O–H groups in total. The van der Waals surface area contributed by atoms with Gasteiger partial charge in [0.25, 0.3) is 0 Å². The molecule has 0 saturated carbocycles. The average Bonchev–Trinajstić information content (AvgIpc) is 1.83. The van der Waals surface area contributed by atoms with Crippen LogP contribution in [0, 0.1) is 0 Å². The third-order valence-corrected chi connectivity index (χ3v) is 2.17. The first kappa shape index (κ1) is 9.27. The molecule has 0 aliphatic carbocycles. The maximum atomic E-state index is 8.51. The highest BCUT2D eigenvalue weighted by molar-refractivity contribution is 7.99. The van der Waals surface area contributed by atoms with E-state index in [2.05, 4.69) is 13.8 Å². The largest absolute Gasteiger partial charge is 0.395 e. The Morgan fingerprint density at radius 3 is 2.44 bits per heavy atom. The minimum absolute atomic E-state index is 0.0441. The summed E-state index contributed by atoms with van der Waals surface area (Å²) in [5, 5.41) is 9.12. The minimum Gasteiger partial charge on any atom is -0.395 e. The van der Waals surface area contributed by atoms with E-state index in [1.54, 1.807) is 11.8 Å². The summed E-state index contributed by atoms with van der Waals surface area (Å²) in [5.74, 6) is 0.855. The van der Waals surface area contributed by atoms with E-state index in [-0.39, 0.29) is 12.6 Å². The summed E-state index contributed by atoms with van der Waals surface area (Å²) in [6.07, 6.45) is 0. The molecule has 0 bridgehead atoms. The van der Waals surface area contributed by atoms with Crippen molar-refractivity contribution in [1.29, 1.82) is 0 Å². The monoisotopic (exact) mass is 149 g/mol. The van der Waals surface area contributed by atoms with Crippen molar-refractivity contribution in [2.75, 3.05) is 12.4 Å². The first-order valence-corrected chi connectivity index (χ1v) is 4.19. The van der Waals surface area contributed by atoms with E-state index in [1.165, 1.54) is 0 Å². The first-order valence-electron chi connectivity index (χ1n) is 3.15. The summed E-state index contributed by atoms with van der Waals surface area (Å²) >= 11 is 1.78. The van der Waals surface area contributed by atoms with E-state index in [0.717, 1.165) is 5.75 Å². The number of hydrogen-bond acceptors (Lipinski definition) is 3. The Bertz CT molecular complexity index is 68.1. The number of aliphatic hydroxyl groups is 1. The van der Waals surface area contributed by atoms with Gasteiger partial charge in [-0.3, -0.25) is 0 Å². The summed E-state index contributed by atoms with van der Waals surface area (Å²) in [6.45, 7) is 4.34. The Kier molecular flexibility index (Phi) is 5.24. The molecule has 2 nitrogen and oxygen atoms in total. The van der Waals surface area contributed by atoms with Gasteiger partial charge in [-0.25, -0.2) is 0 Å². The van der Waals surface area contributed by atoms with Gasteiger partial charge >= 0.3 is 0 Å². The molecule has 56 valence electrons. The molecule has 0 saturated heterocycles. The lowest BCUT2D eigenvalue weighted by Crippen LogP contribution is -2.27. The maximum absolute atomic E-state index is 8.51. The predicted molar refractivity (Wildman–Crippen MR) is 42.7 cm³/mol. The molecule has 0 aromatic rings. The molecule has 0 heterocycles. The molecular weight excluding hydrogens is 134 g/mol. The molecule has 0 aromatic heterocycles. The molecule has 0 rings (SSSR count). The molecule has 0 aliphatic heterocycles. The number of nitrogens with two attached hydrogens (primary N) is 1. The Hall–Kier alpha value is 0.270. The van der Waals surface area contributed by atoms with Crippen LogP contribution in [0.1, 0.15) is 13.8 Å². The fourth-order valence-corrected chi connectivity index (χ4v) is 1.11. The van der Waals surface area contributed by atoms with Gasteiger partial charge in [0.2, 0.25) is 0 Å². The summed E-state index contributed by atoms with van der Waals surface area (Å²) < 4.78 is 0. The van der Waals surface area contributed by atoms with Crippen molar-refractivity contribution in [3.8, 4) is 0 Å². The van der Waals surface area contributed by atoms with Crippen molar-refractivity contribution in [3.63, 3.8) is 0 Å². The zero-order chi connectivity index (χ0) is 7.28. The van der Waals surface area contributed by atoms with Gasteiger partial charge in [-0.15, -0.1) is 0 Å². The molecule has 0 aromatic carbocycles. The first-order chi connectivity index (χ1) is 4.16. The Morgan fingerprint density at radius 1 is 1.56 bits per heavy atom. The van der Waals surface area contributed by atoms with Gasteiger partial charge in [0.05, 0.1) is 6.61 Å². The van der Waals surface area contributed by atoms with Gasteiger partial charge in [-0.2, -0.15) is 11.8 Å². The van der Waals surface area contributed by atoms with E-state index >= 15 is 0 Å². The van der Waals surface area contributed by atoms with Gasteiger partial charge < -0.3 is 10.8 Å². The smallest absolute Gasteiger partial charge is 0.0590 e. The fraction of sp³-hybridized carbons (Fsp3) is 1.00. The second-order valence-electron chi connectivity index (χ2n) is 2.32. The van der Waals surface area contributed by atoms with Crippen LogP contribution < -0.4 is 5.73 Å². The van der Waals surface area contributed by atoms with Crippen LogP contribution in [0.2, 0.25) is 0 Å². The van der Waals surface area contributed by atoms with Crippen LogP contribution in [0.3, 0.4) is 0 Å². The number of aliphatic hydroxyl groups excluding tert-OH is 1. The molecule has 0 amide bonds. The molecule has 0 aliphatic rings. The molecule has 1 atom stereocenters. The van der Waals surface area contributed by atoms with E-state index in [4.69, 9.17) is 10.8 Å². The molecule has 0 radical (unpaired) electrons. The highest BCUT2D eigenvalue weighted by atomic mass is 32.2. The third-order valence-electron chi connectivity index (χ3n) is 0.878. The van der Waals surface area contributed by atoms with Crippen molar-refractivity contribution < 1.29 is 5.11 Å². The SMILES string of the molecule is CC(C)SC[C@H](N)CO. The molecule has 0 spiro atoms. The van der Waals surface area contributed by atoms with Crippen molar-refractivity contribution in [2.45, 2.75) is 25.1 Å². The Morgan fingerprint density at radius 2 is 2.11 bits per heavy atom. The van der Waals surface area contributed by atoms with E-state index in [0.29, 0.717) is 5.25 Å². The highest BCUT2D eigenvalue weighted by Gasteiger charge is 2.00. The lowest BCUT2D eigenvalue weighted by atomic mass is 10.4.